The van der Waals surface area contributed by atoms with E-state index in [4.69, 9.17) is 4.74 Å². The molecule has 0 aliphatic carbocycles. The SMILES string of the molecule is Cc1cccc(C)c1NC(=O)C[NH+](C)CC(=O)Nc1ccccc1Oc1ccccc1. The third-order valence-corrected chi connectivity index (χ3v) is 4.80. The van der Waals surface area contributed by atoms with E-state index in [1.54, 1.807) is 12.1 Å². The van der Waals surface area contributed by atoms with Crippen molar-refractivity contribution in [3.63, 3.8) is 0 Å². The van der Waals surface area contributed by atoms with Crippen molar-refractivity contribution in [3.8, 4) is 11.5 Å². The van der Waals surface area contributed by atoms with Crippen LogP contribution in [0.5, 0.6) is 11.5 Å². The highest BCUT2D eigenvalue weighted by atomic mass is 16.5. The number of quaternary nitrogens is 1. The Kier molecular flexibility index (Phi) is 7.40. The Morgan fingerprint density at radius 3 is 2.03 bits per heavy atom. The second-order valence-corrected chi connectivity index (χ2v) is 7.59. The molecule has 3 aromatic carbocycles. The lowest BCUT2D eigenvalue weighted by Gasteiger charge is -2.16. The first-order valence-electron chi connectivity index (χ1n) is 10.2. The highest BCUT2D eigenvalue weighted by molar-refractivity contribution is 5.94. The molecule has 0 heterocycles. The molecule has 0 spiro atoms. The maximum absolute atomic E-state index is 12.6. The summed E-state index contributed by atoms with van der Waals surface area (Å²) < 4.78 is 5.88. The van der Waals surface area contributed by atoms with Crippen molar-refractivity contribution in [2.75, 3.05) is 30.8 Å². The van der Waals surface area contributed by atoms with Gasteiger partial charge in [0.15, 0.2) is 18.8 Å². The predicted molar refractivity (Wildman–Crippen MR) is 123 cm³/mol. The fraction of sp³-hybridized carbons (Fsp3) is 0.200. The molecule has 0 saturated carbocycles. The second-order valence-electron chi connectivity index (χ2n) is 7.59. The first kappa shape index (κ1) is 22.1. The minimum atomic E-state index is -0.193. The molecule has 31 heavy (non-hydrogen) atoms. The van der Waals surface area contributed by atoms with Gasteiger partial charge in [-0.25, -0.2) is 0 Å². The molecular formula is C25H28N3O3+. The summed E-state index contributed by atoms with van der Waals surface area (Å²) in [6, 6.07) is 22.6. The summed E-state index contributed by atoms with van der Waals surface area (Å²) in [6.07, 6.45) is 0. The van der Waals surface area contributed by atoms with Crippen molar-refractivity contribution in [1.29, 1.82) is 0 Å². The Hall–Kier alpha value is -3.64. The fourth-order valence-electron chi connectivity index (χ4n) is 3.27. The van der Waals surface area contributed by atoms with Crippen LogP contribution in [0.1, 0.15) is 11.1 Å². The number of benzene rings is 3. The van der Waals surface area contributed by atoms with Gasteiger partial charge in [-0.15, -0.1) is 0 Å². The summed E-state index contributed by atoms with van der Waals surface area (Å²) in [6.45, 7) is 4.26. The highest BCUT2D eigenvalue weighted by Gasteiger charge is 2.17. The normalized spacial score (nSPS) is 11.5. The van der Waals surface area contributed by atoms with Crippen LogP contribution in [0.4, 0.5) is 11.4 Å². The van der Waals surface area contributed by atoms with Crippen molar-refractivity contribution >= 4 is 23.2 Å². The monoisotopic (exact) mass is 418 g/mol. The minimum Gasteiger partial charge on any atom is -0.455 e. The van der Waals surface area contributed by atoms with E-state index in [1.807, 2.05) is 81.6 Å². The lowest BCUT2D eigenvalue weighted by Crippen LogP contribution is -3.11. The molecule has 0 fully saturated rings. The molecular weight excluding hydrogens is 390 g/mol. The third kappa shape index (κ3) is 6.42. The van der Waals surface area contributed by atoms with Crippen LogP contribution in [0, 0.1) is 13.8 Å². The molecule has 0 aliphatic rings. The van der Waals surface area contributed by atoms with Gasteiger partial charge in [-0.1, -0.05) is 48.5 Å². The maximum atomic E-state index is 12.6. The summed E-state index contributed by atoms with van der Waals surface area (Å²) in [5.41, 5.74) is 3.44. The standard InChI is InChI=1S/C25H27N3O3/c1-18-10-9-11-19(2)25(18)27-24(30)17-28(3)16-23(29)26-21-14-7-8-15-22(21)31-20-12-5-4-6-13-20/h4-15H,16-17H2,1-3H3,(H,26,29)(H,27,30)/p+1. The minimum absolute atomic E-state index is 0.129. The molecule has 6 heteroatoms. The van der Waals surface area contributed by atoms with Gasteiger partial charge in [-0.2, -0.15) is 0 Å². The number of hydrogen-bond donors (Lipinski definition) is 3. The summed E-state index contributed by atoms with van der Waals surface area (Å²) in [5.74, 6) is 0.930. The number of para-hydroxylation sites is 4. The average molecular weight is 419 g/mol. The molecule has 2 amide bonds. The summed E-state index contributed by atoms with van der Waals surface area (Å²) >= 11 is 0. The topological polar surface area (TPSA) is 71.9 Å². The van der Waals surface area contributed by atoms with Crippen molar-refractivity contribution in [3.05, 3.63) is 83.9 Å². The van der Waals surface area contributed by atoms with Gasteiger partial charge in [0.1, 0.15) is 5.75 Å². The van der Waals surface area contributed by atoms with Crippen LogP contribution in [-0.4, -0.2) is 32.0 Å². The number of amides is 2. The van der Waals surface area contributed by atoms with E-state index < -0.39 is 0 Å². The zero-order valence-corrected chi connectivity index (χ0v) is 18.1. The number of hydrogen-bond acceptors (Lipinski definition) is 3. The molecule has 1 atom stereocenters. The zero-order valence-electron chi connectivity index (χ0n) is 18.1. The molecule has 0 saturated heterocycles. The molecule has 0 aliphatic heterocycles. The van der Waals surface area contributed by atoms with E-state index >= 15 is 0 Å². The first-order chi connectivity index (χ1) is 14.9. The van der Waals surface area contributed by atoms with Gasteiger partial charge >= 0.3 is 0 Å². The number of carbonyl (C=O) groups is 2. The third-order valence-electron chi connectivity index (χ3n) is 4.80. The molecule has 3 rings (SSSR count). The van der Waals surface area contributed by atoms with E-state index in [2.05, 4.69) is 10.6 Å². The van der Waals surface area contributed by atoms with Gasteiger partial charge in [0, 0.05) is 5.69 Å². The van der Waals surface area contributed by atoms with Crippen molar-refractivity contribution in [2.24, 2.45) is 0 Å². The Morgan fingerprint density at radius 1 is 0.774 bits per heavy atom. The maximum Gasteiger partial charge on any atom is 0.279 e. The van der Waals surface area contributed by atoms with Crippen LogP contribution in [0.2, 0.25) is 0 Å². The van der Waals surface area contributed by atoms with Gasteiger partial charge in [-0.05, 0) is 49.2 Å². The van der Waals surface area contributed by atoms with Crippen molar-refractivity contribution < 1.29 is 19.2 Å². The van der Waals surface area contributed by atoms with E-state index in [-0.39, 0.29) is 24.9 Å². The van der Waals surface area contributed by atoms with Crippen LogP contribution in [0.25, 0.3) is 0 Å². The van der Waals surface area contributed by atoms with Crippen molar-refractivity contribution in [1.82, 2.24) is 0 Å². The zero-order chi connectivity index (χ0) is 22.2. The number of anilines is 2. The molecule has 3 aromatic rings. The number of nitrogens with one attached hydrogen (secondary N) is 3. The van der Waals surface area contributed by atoms with Gasteiger partial charge in [0.2, 0.25) is 0 Å². The number of likely N-dealkylation sites (N-methyl/N-ethyl adjacent to an activating group) is 1. The molecule has 0 bridgehead atoms. The Labute approximate surface area is 182 Å². The van der Waals surface area contributed by atoms with E-state index in [1.165, 1.54) is 0 Å². The highest BCUT2D eigenvalue weighted by Crippen LogP contribution is 2.28. The lowest BCUT2D eigenvalue weighted by molar-refractivity contribution is -0.862. The van der Waals surface area contributed by atoms with E-state index in [0.29, 0.717) is 17.2 Å². The summed E-state index contributed by atoms with van der Waals surface area (Å²) in [4.78, 5) is 25.8. The second kappa shape index (κ2) is 10.4. The fourth-order valence-corrected chi connectivity index (χ4v) is 3.27. The predicted octanol–water partition coefficient (Wildman–Crippen LogP) is 3.19. The molecule has 1 unspecified atom stereocenters. The summed E-state index contributed by atoms with van der Waals surface area (Å²) in [7, 11) is 1.82. The van der Waals surface area contributed by atoms with E-state index in [9.17, 15) is 9.59 Å². The lowest BCUT2D eigenvalue weighted by atomic mass is 10.1. The largest absolute Gasteiger partial charge is 0.455 e. The van der Waals surface area contributed by atoms with Crippen LogP contribution >= 0.6 is 0 Å². The molecule has 160 valence electrons. The molecule has 0 aromatic heterocycles. The Morgan fingerprint density at radius 2 is 1.35 bits per heavy atom. The van der Waals surface area contributed by atoms with Crippen LogP contribution in [-0.2, 0) is 9.59 Å². The van der Waals surface area contributed by atoms with Gasteiger partial charge in [0.25, 0.3) is 11.8 Å². The van der Waals surface area contributed by atoms with Crippen LogP contribution in [0.3, 0.4) is 0 Å². The first-order valence-corrected chi connectivity index (χ1v) is 10.2. The smallest absolute Gasteiger partial charge is 0.279 e. The number of ether oxygens (including phenoxy) is 1. The molecule has 3 N–H and O–H groups in total. The van der Waals surface area contributed by atoms with Gasteiger partial charge in [-0.3, -0.25) is 9.59 Å². The average Bonchev–Trinajstić information content (AvgIpc) is 2.73. The summed E-state index contributed by atoms with van der Waals surface area (Å²) in [5, 5.41) is 5.84. The number of rotatable bonds is 8. The van der Waals surface area contributed by atoms with Crippen LogP contribution < -0.4 is 20.3 Å². The Balaban J connectivity index is 1.55. The number of carbonyl (C=O) groups excluding carboxylic acids is 2. The van der Waals surface area contributed by atoms with Gasteiger partial charge < -0.3 is 20.3 Å². The Bertz CT molecular complexity index is 1030. The van der Waals surface area contributed by atoms with Gasteiger partial charge in [0.05, 0.1) is 12.7 Å². The van der Waals surface area contributed by atoms with Crippen LogP contribution in [0.15, 0.2) is 72.8 Å². The molecule has 6 nitrogen and oxygen atoms in total. The quantitative estimate of drug-likeness (QED) is 0.526. The van der Waals surface area contributed by atoms with E-state index in [0.717, 1.165) is 21.7 Å². The molecule has 0 radical (unpaired) electrons. The van der Waals surface area contributed by atoms with Crippen molar-refractivity contribution in [2.45, 2.75) is 13.8 Å². The number of aryl methyl sites for hydroxylation is 2.